The SMILES string of the molecule is CCC(=O)N(CCC#N)c1cc(C)cc(C)c1. The molecule has 1 aromatic carbocycles. The van der Waals surface area contributed by atoms with Gasteiger partial charge in [-0.15, -0.1) is 0 Å². The number of anilines is 1. The molecule has 0 unspecified atom stereocenters. The van der Waals surface area contributed by atoms with Gasteiger partial charge in [-0.2, -0.15) is 5.26 Å². The molecular formula is C14H18N2O. The molecule has 1 amide bonds. The number of carbonyl (C=O) groups excluding carboxylic acids is 1. The molecule has 90 valence electrons. The second-order valence-corrected chi connectivity index (χ2v) is 4.15. The van der Waals surface area contributed by atoms with Crippen molar-refractivity contribution < 1.29 is 4.79 Å². The molecule has 0 aliphatic rings. The highest BCUT2D eigenvalue weighted by atomic mass is 16.2. The third-order valence-electron chi connectivity index (χ3n) is 2.57. The zero-order valence-electron chi connectivity index (χ0n) is 10.7. The van der Waals surface area contributed by atoms with Gasteiger partial charge in [-0.1, -0.05) is 13.0 Å². The van der Waals surface area contributed by atoms with Gasteiger partial charge in [0.1, 0.15) is 0 Å². The average Bonchev–Trinajstić information content (AvgIpc) is 2.28. The molecule has 0 saturated heterocycles. The summed E-state index contributed by atoms with van der Waals surface area (Å²) in [7, 11) is 0. The quantitative estimate of drug-likeness (QED) is 0.798. The van der Waals surface area contributed by atoms with Crippen LogP contribution in [0, 0.1) is 25.2 Å². The van der Waals surface area contributed by atoms with Gasteiger partial charge in [0.05, 0.1) is 12.5 Å². The Hall–Kier alpha value is -1.82. The lowest BCUT2D eigenvalue weighted by Gasteiger charge is -2.22. The molecule has 0 heterocycles. The van der Waals surface area contributed by atoms with Crippen molar-refractivity contribution >= 4 is 11.6 Å². The van der Waals surface area contributed by atoms with E-state index < -0.39 is 0 Å². The maximum Gasteiger partial charge on any atom is 0.226 e. The maximum atomic E-state index is 11.9. The van der Waals surface area contributed by atoms with Crippen LogP contribution < -0.4 is 4.90 Å². The molecular weight excluding hydrogens is 212 g/mol. The van der Waals surface area contributed by atoms with E-state index in [4.69, 9.17) is 5.26 Å². The molecule has 17 heavy (non-hydrogen) atoms. The van der Waals surface area contributed by atoms with Crippen molar-refractivity contribution in [3.8, 4) is 6.07 Å². The predicted molar refractivity (Wildman–Crippen MR) is 68.8 cm³/mol. The van der Waals surface area contributed by atoms with Crippen molar-refractivity contribution in [1.29, 1.82) is 5.26 Å². The highest BCUT2D eigenvalue weighted by Crippen LogP contribution is 2.19. The highest BCUT2D eigenvalue weighted by Gasteiger charge is 2.13. The van der Waals surface area contributed by atoms with Crippen LogP contribution >= 0.6 is 0 Å². The van der Waals surface area contributed by atoms with Crippen LogP contribution in [0.2, 0.25) is 0 Å². The number of hydrogen-bond acceptors (Lipinski definition) is 2. The number of nitrogens with zero attached hydrogens (tertiary/aromatic N) is 2. The van der Waals surface area contributed by atoms with Gasteiger partial charge in [0.2, 0.25) is 5.91 Å². The first-order chi connectivity index (χ1) is 8.08. The molecule has 0 aliphatic heterocycles. The Kier molecular flexibility index (Phi) is 4.71. The number of hydrogen-bond donors (Lipinski definition) is 0. The minimum absolute atomic E-state index is 0.0604. The summed E-state index contributed by atoms with van der Waals surface area (Å²) in [6.45, 7) is 6.32. The summed E-state index contributed by atoms with van der Waals surface area (Å²) in [5, 5.41) is 8.64. The summed E-state index contributed by atoms with van der Waals surface area (Å²) in [4.78, 5) is 13.6. The van der Waals surface area contributed by atoms with E-state index in [1.165, 1.54) is 0 Å². The smallest absolute Gasteiger partial charge is 0.226 e. The molecule has 0 saturated carbocycles. The Morgan fingerprint density at radius 1 is 1.29 bits per heavy atom. The van der Waals surface area contributed by atoms with Crippen LogP contribution in [0.25, 0.3) is 0 Å². The molecule has 0 spiro atoms. The summed E-state index contributed by atoms with van der Waals surface area (Å²) >= 11 is 0. The fraction of sp³-hybridized carbons (Fsp3) is 0.429. The Morgan fingerprint density at radius 2 is 1.88 bits per heavy atom. The molecule has 1 rings (SSSR count). The summed E-state index contributed by atoms with van der Waals surface area (Å²) in [6, 6.07) is 8.12. The molecule has 1 aromatic rings. The lowest BCUT2D eigenvalue weighted by Crippen LogP contribution is -2.31. The van der Waals surface area contributed by atoms with Crippen molar-refractivity contribution in [2.75, 3.05) is 11.4 Å². The topological polar surface area (TPSA) is 44.1 Å². The number of benzene rings is 1. The maximum absolute atomic E-state index is 11.9. The Labute approximate surface area is 103 Å². The lowest BCUT2D eigenvalue weighted by molar-refractivity contribution is -0.118. The standard InChI is InChI=1S/C14H18N2O/c1-4-14(17)16(7-5-6-15)13-9-11(2)8-12(3)10-13/h8-10H,4-5,7H2,1-3H3. The number of nitriles is 1. The van der Waals surface area contributed by atoms with E-state index in [0.717, 1.165) is 16.8 Å². The fourth-order valence-electron chi connectivity index (χ4n) is 1.86. The van der Waals surface area contributed by atoms with E-state index in [1.54, 1.807) is 4.90 Å². The average molecular weight is 230 g/mol. The first-order valence-corrected chi connectivity index (χ1v) is 5.84. The molecule has 3 heteroatoms. The normalized spacial score (nSPS) is 9.76. The summed E-state index contributed by atoms with van der Waals surface area (Å²) in [5.41, 5.74) is 3.15. The van der Waals surface area contributed by atoms with Crippen molar-refractivity contribution in [2.24, 2.45) is 0 Å². The van der Waals surface area contributed by atoms with Crippen molar-refractivity contribution in [2.45, 2.75) is 33.6 Å². The molecule has 0 aromatic heterocycles. The van der Waals surface area contributed by atoms with Crippen molar-refractivity contribution in [3.63, 3.8) is 0 Å². The molecule has 0 atom stereocenters. The van der Waals surface area contributed by atoms with Crippen LogP contribution in [0.15, 0.2) is 18.2 Å². The van der Waals surface area contributed by atoms with E-state index in [9.17, 15) is 4.79 Å². The summed E-state index contributed by atoms with van der Waals surface area (Å²) < 4.78 is 0. The van der Waals surface area contributed by atoms with Crippen LogP contribution in [0.5, 0.6) is 0 Å². The first kappa shape index (κ1) is 13.2. The fourth-order valence-corrected chi connectivity index (χ4v) is 1.86. The monoisotopic (exact) mass is 230 g/mol. The minimum Gasteiger partial charge on any atom is -0.311 e. The summed E-state index contributed by atoms with van der Waals surface area (Å²) in [6.07, 6.45) is 0.817. The van der Waals surface area contributed by atoms with Crippen LogP contribution in [0.1, 0.15) is 30.9 Å². The molecule has 0 bridgehead atoms. The largest absolute Gasteiger partial charge is 0.311 e. The van der Waals surface area contributed by atoms with Crippen molar-refractivity contribution in [1.82, 2.24) is 0 Å². The number of carbonyl (C=O) groups is 1. The third kappa shape index (κ3) is 3.60. The van der Waals surface area contributed by atoms with Gasteiger partial charge in [0.15, 0.2) is 0 Å². The van der Waals surface area contributed by atoms with Crippen LogP contribution in [-0.2, 0) is 4.79 Å². The number of rotatable bonds is 4. The van der Waals surface area contributed by atoms with Gasteiger partial charge >= 0.3 is 0 Å². The van der Waals surface area contributed by atoms with Crippen LogP contribution in [0.4, 0.5) is 5.69 Å². The summed E-state index contributed by atoms with van der Waals surface area (Å²) in [5.74, 6) is 0.0604. The second kappa shape index (κ2) is 6.05. The zero-order chi connectivity index (χ0) is 12.8. The molecule has 0 N–H and O–H groups in total. The van der Waals surface area contributed by atoms with Gasteiger partial charge < -0.3 is 4.90 Å². The van der Waals surface area contributed by atoms with Crippen LogP contribution in [0.3, 0.4) is 0 Å². The van der Waals surface area contributed by atoms with Crippen molar-refractivity contribution in [3.05, 3.63) is 29.3 Å². The van der Waals surface area contributed by atoms with Gasteiger partial charge in [-0.3, -0.25) is 4.79 Å². The first-order valence-electron chi connectivity index (χ1n) is 5.84. The molecule has 3 nitrogen and oxygen atoms in total. The van der Waals surface area contributed by atoms with E-state index >= 15 is 0 Å². The van der Waals surface area contributed by atoms with E-state index in [0.29, 0.717) is 19.4 Å². The lowest BCUT2D eigenvalue weighted by atomic mass is 10.1. The minimum atomic E-state index is 0.0604. The Morgan fingerprint density at radius 3 is 2.35 bits per heavy atom. The van der Waals surface area contributed by atoms with E-state index in [2.05, 4.69) is 12.1 Å². The zero-order valence-corrected chi connectivity index (χ0v) is 10.7. The number of amides is 1. The Bertz CT molecular complexity index is 426. The third-order valence-corrected chi connectivity index (χ3v) is 2.57. The Balaban J connectivity index is 3.03. The number of aryl methyl sites for hydroxylation is 2. The van der Waals surface area contributed by atoms with E-state index in [-0.39, 0.29) is 5.91 Å². The van der Waals surface area contributed by atoms with Gasteiger partial charge in [0.25, 0.3) is 0 Å². The molecule has 0 fully saturated rings. The second-order valence-electron chi connectivity index (χ2n) is 4.15. The molecule has 0 aliphatic carbocycles. The predicted octanol–water partition coefficient (Wildman–Crippen LogP) is 2.96. The van der Waals surface area contributed by atoms with Crippen LogP contribution in [-0.4, -0.2) is 12.5 Å². The van der Waals surface area contributed by atoms with Gasteiger partial charge in [-0.25, -0.2) is 0 Å². The van der Waals surface area contributed by atoms with E-state index in [1.807, 2.05) is 32.9 Å². The molecule has 0 radical (unpaired) electrons. The van der Waals surface area contributed by atoms with Gasteiger partial charge in [-0.05, 0) is 37.1 Å². The highest BCUT2D eigenvalue weighted by molar-refractivity contribution is 5.93. The van der Waals surface area contributed by atoms with Gasteiger partial charge in [0, 0.05) is 18.7 Å².